The van der Waals surface area contributed by atoms with Crippen LogP contribution in [0.2, 0.25) is 0 Å². The molecule has 0 unspecified atom stereocenters. The van der Waals surface area contributed by atoms with E-state index in [4.69, 9.17) is 0 Å². The molecule has 0 amide bonds. The lowest BCUT2D eigenvalue weighted by molar-refractivity contribution is 1.18. The van der Waals surface area contributed by atoms with Gasteiger partial charge in [-0.2, -0.15) is 0 Å². The molecule has 0 aliphatic rings. The lowest BCUT2D eigenvalue weighted by atomic mass is 9.98. The molecular weight excluding hydrogens is 757 g/mol. The van der Waals surface area contributed by atoms with Gasteiger partial charge >= 0.3 is 0 Å². The minimum absolute atomic E-state index is 1.10. The Morgan fingerprint density at radius 2 is 0.885 bits per heavy atom. The average molecular weight is 795 g/mol. The highest BCUT2D eigenvalue weighted by Crippen LogP contribution is 2.44. The minimum Gasteiger partial charge on any atom is -0.310 e. The molecule has 286 valence electrons. The van der Waals surface area contributed by atoms with Gasteiger partial charge in [0.1, 0.15) is 0 Å². The number of para-hydroxylation sites is 3. The smallest absolute Gasteiger partial charge is 0.0541 e. The molecule has 12 aromatic rings. The molecule has 0 aliphatic carbocycles. The Balaban J connectivity index is 0.964. The van der Waals surface area contributed by atoms with Crippen molar-refractivity contribution in [3.8, 4) is 39.1 Å². The fourth-order valence-electron chi connectivity index (χ4n) is 9.22. The number of hydrogen-bond donors (Lipinski definition) is 0. The molecule has 0 aliphatic heterocycles. The van der Waals surface area contributed by atoms with Crippen LogP contribution in [-0.2, 0) is 0 Å². The number of hydrogen-bond acceptors (Lipinski definition) is 2. The zero-order chi connectivity index (χ0) is 40.3. The summed E-state index contributed by atoms with van der Waals surface area (Å²) in [5.74, 6) is 0. The number of rotatable bonds is 7. The van der Waals surface area contributed by atoms with Crippen LogP contribution in [-0.4, -0.2) is 4.57 Å². The van der Waals surface area contributed by atoms with E-state index in [1.807, 2.05) is 11.3 Å². The third-order valence-electron chi connectivity index (χ3n) is 12.2. The molecule has 3 heteroatoms. The molecule has 2 aromatic heterocycles. The van der Waals surface area contributed by atoms with Crippen LogP contribution in [0.4, 0.5) is 17.1 Å². The number of anilines is 3. The SMILES string of the molecule is c1ccc(-n2c3ccccc3c3cc(-c4ccc(N(c5ccc(-c6ccc7sc8ccccc8c7c6)cc5)c5ccccc5-c5ccc6ccccc6c5)cc4)ccc32)cc1. The minimum atomic E-state index is 1.10. The number of thiophene rings is 1. The van der Waals surface area contributed by atoms with Crippen molar-refractivity contribution < 1.29 is 0 Å². The van der Waals surface area contributed by atoms with E-state index in [-0.39, 0.29) is 0 Å². The van der Waals surface area contributed by atoms with Crippen LogP contribution in [0.1, 0.15) is 0 Å². The van der Waals surface area contributed by atoms with Crippen molar-refractivity contribution >= 4 is 81.1 Å². The number of fused-ring (bicyclic) bond motifs is 7. The number of nitrogens with zero attached hydrogens (tertiary/aromatic N) is 2. The first-order valence-corrected chi connectivity index (χ1v) is 21.6. The Morgan fingerprint density at radius 3 is 1.67 bits per heavy atom. The van der Waals surface area contributed by atoms with Crippen LogP contribution in [0.15, 0.2) is 231 Å². The summed E-state index contributed by atoms with van der Waals surface area (Å²) in [6.07, 6.45) is 0. The Morgan fingerprint density at radius 1 is 0.328 bits per heavy atom. The van der Waals surface area contributed by atoms with Gasteiger partial charge < -0.3 is 9.47 Å². The summed E-state index contributed by atoms with van der Waals surface area (Å²) >= 11 is 1.86. The van der Waals surface area contributed by atoms with E-state index < -0.39 is 0 Å². The maximum absolute atomic E-state index is 2.41. The van der Waals surface area contributed by atoms with E-state index in [0.717, 1.165) is 17.1 Å². The Bertz CT molecular complexity index is 3580. The van der Waals surface area contributed by atoms with E-state index in [9.17, 15) is 0 Å². The molecule has 0 spiro atoms. The van der Waals surface area contributed by atoms with Gasteiger partial charge in [0, 0.05) is 53.6 Å². The van der Waals surface area contributed by atoms with Crippen LogP contribution in [0, 0.1) is 0 Å². The molecule has 0 bridgehead atoms. The highest BCUT2D eigenvalue weighted by Gasteiger charge is 2.19. The molecule has 0 atom stereocenters. The van der Waals surface area contributed by atoms with Gasteiger partial charge in [0.15, 0.2) is 0 Å². The van der Waals surface area contributed by atoms with Crippen molar-refractivity contribution in [1.82, 2.24) is 4.57 Å². The lowest BCUT2D eigenvalue weighted by Gasteiger charge is -2.28. The lowest BCUT2D eigenvalue weighted by Crippen LogP contribution is -2.11. The van der Waals surface area contributed by atoms with Crippen molar-refractivity contribution in [1.29, 1.82) is 0 Å². The van der Waals surface area contributed by atoms with E-state index in [2.05, 4.69) is 240 Å². The summed E-state index contributed by atoms with van der Waals surface area (Å²) in [5, 5.41) is 7.60. The third kappa shape index (κ3) is 6.09. The zero-order valence-corrected chi connectivity index (χ0v) is 34.1. The fraction of sp³-hybridized carbons (Fsp3) is 0. The van der Waals surface area contributed by atoms with Crippen LogP contribution in [0.5, 0.6) is 0 Å². The maximum Gasteiger partial charge on any atom is 0.0541 e. The molecule has 12 rings (SSSR count). The first kappa shape index (κ1) is 35.2. The average Bonchev–Trinajstić information content (AvgIpc) is 3.87. The van der Waals surface area contributed by atoms with Gasteiger partial charge in [0.25, 0.3) is 0 Å². The van der Waals surface area contributed by atoms with Crippen LogP contribution >= 0.6 is 11.3 Å². The highest BCUT2D eigenvalue weighted by molar-refractivity contribution is 7.25. The van der Waals surface area contributed by atoms with Gasteiger partial charge in [0.2, 0.25) is 0 Å². The van der Waals surface area contributed by atoms with Crippen LogP contribution in [0.25, 0.3) is 91.8 Å². The predicted octanol–water partition coefficient (Wildman–Crippen LogP) is 16.8. The summed E-state index contributed by atoms with van der Waals surface area (Å²) in [6, 6.07) is 84.2. The van der Waals surface area contributed by atoms with E-state index in [0.29, 0.717) is 0 Å². The highest BCUT2D eigenvalue weighted by atomic mass is 32.1. The molecule has 2 heterocycles. The predicted molar refractivity (Wildman–Crippen MR) is 262 cm³/mol. The second kappa shape index (κ2) is 14.5. The molecule has 2 nitrogen and oxygen atoms in total. The largest absolute Gasteiger partial charge is 0.310 e. The normalized spacial score (nSPS) is 11.6. The molecule has 0 fully saturated rings. The van der Waals surface area contributed by atoms with Gasteiger partial charge in [-0.1, -0.05) is 146 Å². The zero-order valence-electron chi connectivity index (χ0n) is 33.2. The third-order valence-corrected chi connectivity index (χ3v) is 13.3. The summed E-state index contributed by atoms with van der Waals surface area (Å²) in [7, 11) is 0. The topological polar surface area (TPSA) is 8.17 Å². The van der Waals surface area contributed by atoms with Crippen molar-refractivity contribution in [3.05, 3.63) is 231 Å². The van der Waals surface area contributed by atoms with Crippen LogP contribution < -0.4 is 4.90 Å². The van der Waals surface area contributed by atoms with Gasteiger partial charge in [-0.25, -0.2) is 0 Å². The standard InChI is InChI=1S/C58H38N2S/c1-2-14-46(15-3-1)60-55-20-10-7-17-50(55)52-37-43(28-34-56(52)60)40-24-30-47(31-25-40)59(54-19-9-6-16-49(54)45-23-22-39-12-4-5-13-42(39)36-45)48-32-26-41(27-33-48)44-29-35-58-53(38-44)51-18-8-11-21-57(51)61-58/h1-38H. The first-order valence-electron chi connectivity index (χ1n) is 20.8. The molecule has 0 radical (unpaired) electrons. The number of aromatic nitrogens is 1. The monoisotopic (exact) mass is 794 g/mol. The molecule has 61 heavy (non-hydrogen) atoms. The Kier molecular flexibility index (Phi) is 8.39. The molecule has 10 aromatic carbocycles. The van der Waals surface area contributed by atoms with Crippen molar-refractivity contribution in [2.75, 3.05) is 4.90 Å². The quantitative estimate of drug-likeness (QED) is 0.156. The second-order valence-corrected chi connectivity index (χ2v) is 16.8. The second-order valence-electron chi connectivity index (χ2n) is 15.7. The Hall–Kier alpha value is -7.72. The summed E-state index contributed by atoms with van der Waals surface area (Å²) in [5.41, 5.74) is 14.1. The fourth-order valence-corrected chi connectivity index (χ4v) is 10.3. The molecule has 0 saturated heterocycles. The molecule has 0 saturated carbocycles. The van der Waals surface area contributed by atoms with E-state index >= 15 is 0 Å². The van der Waals surface area contributed by atoms with Crippen LogP contribution in [0.3, 0.4) is 0 Å². The first-order chi connectivity index (χ1) is 30.2. The van der Waals surface area contributed by atoms with Crippen molar-refractivity contribution in [3.63, 3.8) is 0 Å². The number of benzene rings is 10. The van der Waals surface area contributed by atoms with Gasteiger partial charge in [-0.15, -0.1) is 11.3 Å². The Labute approximate surface area is 358 Å². The summed E-state index contributed by atoms with van der Waals surface area (Å²) in [6.45, 7) is 0. The molecule has 0 N–H and O–H groups in total. The summed E-state index contributed by atoms with van der Waals surface area (Å²) < 4.78 is 5.02. The van der Waals surface area contributed by atoms with Gasteiger partial charge in [-0.3, -0.25) is 0 Å². The van der Waals surface area contributed by atoms with Gasteiger partial charge in [-0.05, 0) is 124 Å². The van der Waals surface area contributed by atoms with E-state index in [1.54, 1.807) is 0 Å². The van der Waals surface area contributed by atoms with Gasteiger partial charge in [0.05, 0.1) is 16.7 Å². The van der Waals surface area contributed by atoms with Crippen molar-refractivity contribution in [2.24, 2.45) is 0 Å². The molecular formula is C58H38N2S. The maximum atomic E-state index is 2.41. The summed E-state index contributed by atoms with van der Waals surface area (Å²) in [4.78, 5) is 2.41. The van der Waals surface area contributed by atoms with Crippen molar-refractivity contribution in [2.45, 2.75) is 0 Å². The van der Waals surface area contributed by atoms with E-state index in [1.165, 1.54) is 91.8 Å².